The van der Waals surface area contributed by atoms with E-state index in [1.54, 1.807) is 0 Å². The predicted octanol–water partition coefficient (Wildman–Crippen LogP) is 1.14. The molecule has 1 aliphatic heterocycles. The molecule has 15 heavy (non-hydrogen) atoms. The summed E-state index contributed by atoms with van der Waals surface area (Å²) in [5, 5.41) is 5.81. The van der Waals surface area contributed by atoms with Gasteiger partial charge < -0.3 is 10.6 Å². The lowest BCUT2D eigenvalue weighted by molar-refractivity contribution is -0.135. The monoisotopic (exact) mass is 214 g/mol. The summed E-state index contributed by atoms with van der Waals surface area (Å²) in [7, 11) is 0. The zero-order chi connectivity index (χ0) is 10.9. The van der Waals surface area contributed by atoms with Crippen LogP contribution in [-0.2, 0) is 4.79 Å². The third-order valence-corrected chi connectivity index (χ3v) is 3.88. The highest BCUT2D eigenvalue weighted by Gasteiger charge is 2.46. The van der Waals surface area contributed by atoms with Gasteiger partial charge in [0.25, 0.3) is 5.91 Å². The van der Waals surface area contributed by atoms with Crippen molar-refractivity contribution in [1.29, 1.82) is 0 Å². The third-order valence-electron chi connectivity index (χ3n) is 3.88. The maximum Gasteiger partial charge on any atom is 0.259 e. The van der Waals surface area contributed by atoms with Crippen LogP contribution >= 0.6 is 0 Å². The van der Waals surface area contributed by atoms with Crippen molar-refractivity contribution in [3.05, 3.63) is 0 Å². The molecule has 0 spiro atoms. The van der Waals surface area contributed by atoms with E-state index < -0.39 is 11.6 Å². The molecule has 1 saturated heterocycles. The van der Waals surface area contributed by atoms with Crippen LogP contribution in [0.15, 0.2) is 0 Å². The second kappa shape index (κ2) is 3.74. The maximum atomic E-state index is 14.1. The molecule has 86 valence electrons. The van der Waals surface area contributed by atoms with E-state index in [1.165, 1.54) is 0 Å². The van der Waals surface area contributed by atoms with Gasteiger partial charge in [-0.3, -0.25) is 4.79 Å². The molecule has 0 bridgehead atoms. The van der Waals surface area contributed by atoms with Gasteiger partial charge in [0.15, 0.2) is 0 Å². The summed E-state index contributed by atoms with van der Waals surface area (Å²) in [5.41, 5.74) is -1.77. The minimum Gasteiger partial charge on any atom is -0.348 e. The number of alkyl halides is 1. The number of hydrogen-bond acceptors (Lipinski definition) is 2. The molecule has 1 aliphatic carbocycles. The standard InChI is InChI=1S/C11H19FN2O/c1-2-10(4-3-5-10)14-9(15)11(12)6-7-13-8-11/h13H,2-8H2,1H3,(H,14,15). The lowest BCUT2D eigenvalue weighted by Crippen LogP contribution is -2.58. The first-order valence-electron chi connectivity index (χ1n) is 5.83. The highest BCUT2D eigenvalue weighted by Crippen LogP contribution is 2.35. The molecule has 1 saturated carbocycles. The van der Waals surface area contributed by atoms with Crippen molar-refractivity contribution in [2.24, 2.45) is 0 Å². The van der Waals surface area contributed by atoms with E-state index in [4.69, 9.17) is 0 Å². The van der Waals surface area contributed by atoms with Gasteiger partial charge >= 0.3 is 0 Å². The Morgan fingerprint density at radius 1 is 1.47 bits per heavy atom. The van der Waals surface area contributed by atoms with E-state index in [1.807, 2.05) is 0 Å². The van der Waals surface area contributed by atoms with Crippen LogP contribution in [0.3, 0.4) is 0 Å². The molecular weight excluding hydrogens is 195 g/mol. The first kappa shape index (κ1) is 10.9. The molecule has 0 radical (unpaired) electrons. The minimum absolute atomic E-state index is 0.0984. The van der Waals surface area contributed by atoms with Gasteiger partial charge in [-0.25, -0.2) is 4.39 Å². The van der Waals surface area contributed by atoms with Crippen LogP contribution in [0.5, 0.6) is 0 Å². The Morgan fingerprint density at radius 2 is 2.20 bits per heavy atom. The Bertz CT molecular complexity index is 252. The van der Waals surface area contributed by atoms with Gasteiger partial charge in [0.1, 0.15) is 0 Å². The Balaban J connectivity index is 1.96. The zero-order valence-corrected chi connectivity index (χ0v) is 9.24. The number of carbonyl (C=O) groups is 1. The lowest BCUT2D eigenvalue weighted by atomic mass is 9.74. The summed E-state index contributed by atoms with van der Waals surface area (Å²) in [6, 6.07) is 0. The minimum atomic E-state index is -1.67. The Hall–Kier alpha value is -0.640. The summed E-state index contributed by atoms with van der Waals surface area (Å²) in [4.78, 5) is 11.8. The van der Waals surface area contributed by atoms with Crippen molar-refractivity contribution in [3.63, 3.8) is 0 Å². The van der Waals surface area contributed by atoms with E-state index in [2.05, 4.69) is 17.6 Å². The number of nitrogens with one attached hydrogen (secondary N) is 2. The summed E-state index contributed by atoms with van der Waals surface area (Å²) in [6.45, 7) is 2.82. The lowest BCUT2D eigenvalue weighted by Gasteiger charge is -2.43. The van der Waals surface area contributed by atoms with E-state index >= 15 is 0 Å². The van der Waals surface area contributed by atoms with E-state index in [0.29, 0.717) is 13.0 Å². The molecule has 2 N–H and O–H groups in total. The summed E-state index contributed by atoms with van der Waals surface area (Å²) in [5.74, 6) is -0.408. The number of halogens is 1. The normalized spacial score (nSPS) is 33.5. The molecule has 2 aliphatic rings. The fraction of sp³-hybridized carbons (Fsp3) is 0.909. The molecule has 1 heterocycles. The van der Waals surface area contributed by atoms with Crippen LogP contribution in [0.25, 0.3) is 0 Å². The molecular formula is C11H19FN2O. The molecule has 4 heteroatoms. The molecule has 1 unspecified atom stereocenters. The molecule has 0 aromatic carbocycles. The number of amides is 1. The van der Waals surface area contributed by atoms with Gasteiger partial charge in [0, 0.05) is 18.5 Å². The molecule has 3 nitrogen and oxygen atoms in total. The predicted molar refractivity (Wildman–Crippen MR) is 56.3 cm³/mol. The molecule has 2 fully saturated rings. The smallest absolute Gasteiger partial charge is 0.259 e. The van der Waals surface area contributed by atoms with Gasteiger partial charge in [-0.15, -0.1) is 0 Å². The quantitative estimate of drug-likeness (QED) is 0.739. The maximum absolute atomic E-state index is 14.1. The Morgan fingerprint density at radius 3 is 2.60 bits per heavy atom. The van der Waals surface area contributed by atoms with Gasteiger partial charge in [-0.2, -0.15) is 0 Å². The average molecular weight is 214 g/mol. The van der Waals surface area contributed by atoms with Crippen LogP contribution in [0.2, 0.25) is 0 Å². The van der Waals surface area contributed by atoms with E-state index in [9.17, 15) is 9.18 Å². The molecule has 1 amide bonds. The number of rotatable bonds is 3. The zero-order valence-electron chi connectivity index (χ0n) is 9.24. The van der Waals surface area contributed by atoms with Crippen molar-refractivity contribution < 1.29 is 9.18 Å². The van der Waals surface area contributed by atoms with Gasteiger partial charge in [0.2, 0.25) is 5.67 Å². The third kappa shape index (κ3) is 1.87. The highest BCUT2D eigenvalue weighted by molar-refractivity contribution is 5.86. The molecule has 2 rings (SSSR count). The van der Waals surface area contributed by atoms with Crippen molar-refractivity contribution in [2.75, 3.05) is 13.1 Å². The number of carbonyl (C=O) groups excluding carboxylic acids is 1. The summed E-state index contributed by atoms with van der Waals surface area (Å²) >= 11 is 0. The first-order chi connectivity index (χ1) is 7.10. The fourth-order valence-electron chi connectivity index (χ4n) is 2.38. The number of hydrogen-bond donors (Lipinski definition) is 2. The van der Waals surface area contributed by atoms with Crippen LogP contribution in [0.1, 0.15) is 39.0 Å². The Labute approximate surface area is 89.8 Å². The van der Waals surface area contributed by atoms with Crippen LogP contribution in [0, 0.1) is 0 Å². The van der Waals surface area contributed by atoms with Crippen molar-refractivity contribution >= 4 is 5.91 Å². The van der Waals surface area contributed by atoms with Crippen molar-refractivity contribution in [2.45, 2.75) is 50.2 Å². The summed E-state index contributed by atoms with van der Waals surface area (Å²) in [6.07, 6.45) is 4.35. The fourth-order valence-corrected chi connectivity index (χ4v) is 2.38. The van der Waals surface area contributed by atoms with Crippen LogP contribution in [-0.4, -0.2) is 30.2 Å². The van der Waals surface area contributed by atoms with Crippen LogP contribution in [0.4, 0.5) is 4.39 Å². The second-order valence-electron chi connectivity index (χ2n) is 4.83. The van der Waals surface area contributed by atoms with Gasteiger partial charge in [-0.1, -0.05) is 6.92 Å². The highest BCUT2D eigenvalue weighted by atomic mass is 19.1. The van der Waals surface area contributed by atoms with Crippen LogP contribution < -0.4 is 10.6 Å². The average Bonchev–Trinajstić information content (AvgIpc) is 2.60. The largest absolute Gasteiger partial charge is 0.348 e. The molecule has 1 atom stereocenters. The topological polar surface area (TPSA) is 41.1 Å². The van der Waals surface area contributed by atoms with Crippen molar-refractivity contribution in [1.82, 2.24) is 10.6 Å². The van der Waals surface area contributed by atoms with E-state index in [-0.39, 0.29) is 12.1 Å². The van der Waals surface area contributed by atoms with Gasteiger partial charge in [-0.05, 0) is 32.2 Å². The molecule has 0 aromatic rings. The van der Waals surface area contributed by atoms with E-state index in [0.717, 1.165) is 25.7 Å². The summed E-state index contributed by atoms with van der Waals surface area (Å²) < 4.78 is 14.1. The molecule has 0 aromatic heterocycles. The second-order valence-corrected chi connectivity index (χ2v) is 4.83. The Kier molecular flexibility index (Phi) is 2.71. The SMILES string of the molecule is CCC1(NC(=O)C2(F)CCNC2)CCC1. The van der Waals surface area contributed by atoms with Crippen molar-refractivity contribution in [3.8, 4) is 0 Å². The van der Waals surface area contributed by atoms with Gasteiger partial charge in [0.05, 0.1) is 0 Å². The first-order valence-corrected chi connectivity index (χ1v) is 5.83.